The highest BCUT2D eigenvalue weighted by molar-refractivity contribution is 5.67. The highest BCUT2D eigenvalue weighted by Gasteiger charge is 2.16. The summed E-state index contributed by atoms with van der Waals surface area (Å²) in [6, 6.07) is 0. The van der Waals surface area contributed by atoms with Gasteiger partial charge < -0.3 is 30.5 Å². The maximum atomic E-state index is 11.4. The van der Waals surface area contributed by atoms with Crippen LogP contribution in [0.4, 0.5) is 9.59 Å². The van der Waals surface area contributed by atoms with E-state index in [4.69, 9.17) is 9.47 Å². The van der Waals surface area contributed by atoms with Gasteiger partial charge in [-0.05, 0) is 60.9 Å². The number of carbonyl (C=O) groups excluding carboxylic acids is 2. The summed E-state index contributed by atoms with van der Waals surface area (Å²) in [5, 5.41) is 18.2. The number of hydrogen-bond donors (Lipinski definition) is 4. The zero-order chi connectivity index (χ0) is 19.5. The zero-order valence-electron chi connectivity index (χ0n) is 16.4. The van der Waals surface area contributed by atoms with Crippen LogP contribution in [0.3, 0.4) is 0 Å². The Kier molecular flexibility index (Phi) is 10.5. The minimum absolute atomic E-state index is 0.345. The third-order valence-electron chi connectivity index (χ3n) is 2.72. The first-order valence-electron chi connectivity index (χ1n) is 8.71. The lowest BCUT2D eigenvalue weighted by atomic mass is 10.2. The first kappa shape index (κ1) is 23.5. The summed E-state index contributed by atoms with van der Waals surface area (Å²) in [5.74, 6) is 0. The summed E-state index contributed by atoms with van der Waals surface area (Å²) in [7, 11) is 0. The molecule has 0 aliphatic heterocycles. The van der Waals surface area contributed by atoms with Gasteiger partial charge in [0.1, 0.15) is 11.2 Å². The first-order valence-corrected chi connectivity index (χ1v) is 8.71. The molecule has 8 heteroatoms. The molecule has 0 fully saturated rings. The second-order valence-electron chi connectivity index (χ2n) is 7.86. The van der Waals surface area contributed by atoms with E-state index in [9.17, 15) is 14.7 Å². The molecule has 2 amide bonds. The molecule has 0 aromatic rings. The van der Waals surface area contributed by atoms with E-state index in [1.54, 1.807) is 20.8 Å². The highest BCUT2D eigenvalue weighted by atomic mass is 16.6. The lowest BCUT2D eigenvalue weighted by Gasteiger charge is -2.20. The largest absolute Gasteiger partial charge is 0.444 e. The van der Waals surface area contributed by atoms with Gasteiger partial charge in [0.2, 0.25) is 0 Å². The molecular formula is C17H35N3O5. The SMILES string of the molecule is CC(C)(C)OC(=O)NCCCNC[C@@H](O)CCNC(=O)OC(C)(C)C. The van der Waals surface area contributed by atoms with Gasteiger partial charge in [-0.1, -0.05) is 0 Å². The fraction of sp³-hybridized carbons (Fsp3) is 0.882. The monoisotopic (exact) mass is 361 g/mol. The summed E-state index contributed by atoms with van der Waals surface area (Å²) in [5.41, 5.74) is -1.03. The number of alkyl carbamates (subject to hydrolysis) is 2. The average molecular weight is 361 g/mol. The van der Waals surface area contributed by atoms with Gasteiger partial charge in [0.25, 0.3) is 0 Å². The lowest BCUT2D eigenvalue weighted by Crippen LogP contribution is -2.36. The van der Waals surface area contributed by atoms with Gasteiger partial charge in [-0.3, -0.25) is 0 Å². The van der Waals surface area contributed by atoms with E-state index in [-0.39, 0.29) is 0 Å². The third kappa shape index (κ3) is 17.1. The van der Waals surface area contributed by atoms with Crippen molar-refractivity contribution in [1.29, 1.82) is 0 Å². The van der Waals surface area contributed by atoms with Crippen molar-refractivity contribution in [1.82, 2.24) is 16.0 Å². The second-order valence-corrected chi connectivity index (χ2v) is 7.86. The van der Waals surface area contributed by atoms with Crippen molar-refractivity contribution in [3.8, 4) is 0 Å². The van der Waals surface area contributed by atoms with Gasteiger partial charge in [0.05, 0.1) is 6.10 Å². The van der Waals surface area contributed by atoms with E-state index in [1.165, 1.54) is 0 Å². The molecule has 0 unspecified atom stereocenters. The first-order chi connectivity index (χ1) is 11.4. The van der Waals surface area contributed by atoms with Gasteiger partial charge in [0, 0.05) is 19.6 Å². The minimum atomic E-state index is -0.561. The van der Waals surface area contributed by atoms with Crippen molar-refractivity contribution < 1.29 is 24.2 Å². The van der Waals surface area contributed by atoms with Crippen LogP contribution in [-0.4, -0.2) is 60.8 Å². The molecule has 0 rings (SSSR count). The van der Waals surface area contributed by atoms with Crippen LogP contribution in [0.15, 0.2) is 0 Å². The van der Waals surface area contributed by atoms with Crippen molar-refractivity contribution in [3.05, 3.63) is 0 Å². The molecule has 148 valence electrons. The Bertz CT molecular complexity index is 402. The molecule has 25 heavy (non-hydrogen) atoms. The fourth-order valence-electron chi connectivity index (χ4n) is 1.74. The van der Waals surface area contributed by atoms with Crippen LogP contribution >= 0.6 is 0 Å². The summed E-state index contributed by atoms with van der Waals surface area (Å²) in [6.07, 6.45) is -0.319. The Labute approximate surface area is 151 Å². The van der Waals surface area contributed by atoms with Crippen molar-refractivity contribution in [2.75, 3.05) is 26.2 Å². The lowest BCUT2D eigenvalue weighted by molar-refractivity contribution is 0.0508. The van der Waals surface area contributed by atoms with Crippen LogP contribution in [0.1, 0.15) is 54.4 Å². The van der Waals surface area contributed by atoms with Crippen molar-refractivity contribution in [2.24, 2.45) is 0 Å². The Morgan fingerprint density at radius 2 is 1.36 bits per heavy atom. The molecule has 0 saturated heterocycles. The molecule has 0 aromatic heterocycles. The van der Waals surface area contributed by atoms with Crippen molar-refractivity contribution in [2.45, 2.75) is 71.7 Å². The van der Waals surface area contributed by atoms with E-state index in [1.807, 2.05) is 20.8 Å². The number of hydrogen-bond acceptors (Lipinski definition) is 6. The van der Waals surface area contributed by atoms with Gasteiger partial charge in [0.15, 0.2) is 0 Å². The number of amides is 2. The Morgan fingerprint density at radius 1 is 0.880 bits per heavy atom. The number of aliphatic hydroxyl groups is 1. The van der Waals surface area contributed by atoms with E-state index in [0.29, 0.717) is 32.6 Å². The Hall–Kier alpha value is -1.54. The summed E-state index contributed by atoms with van der Waals surface area (Å²) in [6.45, 7) is 12.7. The molecule has 0 aliphatic rings. The quantitative estimate of drug-likeness (QED) is 0.466. The average Bonchev–Trinajstić information content (AvgIpc) is 2.38. The molecule has 1 atom stereocenters. The van der Waals surface area contributed by atoms with Crippen molar-refractivity contribution in [3.63, 3.8) is 0 Å². The normalized spacial score (nSPS) is 13.1. The standard InChI is InChI=1S/C17H35N3O5/c1-16(2,3)24-14(22)19-10-7-9-18-12-13(21)8-11-20-15(23)25-17(4,5)6/h13,18,21H,7-12H2,1-6H3,(H,19,22)(H,20,23)/t13-/m0/s1. The van der Waals surface area contributed by atoms with Crippen LogP contribution < -0.4 is 16.0 Å². The molecule has 0 saturated carbocycles. The Morgan fingerprint density at radius 3 is 1.84 bits per heavy atom. The molecule has 0 aliphatic carbocycles. The molecule has 4 N–H and O–H groups in total. The second kappa shape index (κ2) is 11.1. The van der Waals surface area contributed by atoms with Gasteiger partial charge in [-0.25, -0.2) is 9.59 Å². The third-order valence-corrected chi connectivity index (χ3v) is 2.72. The minimum Gasteiger partial charge on any atom is -0.444 e. The van der Waals surface area contributed by atoms with Crippen LogP contribution in [0, 0.1) is 0 Å². The van der Waals surface area contributed by atoms with E-state index in [2.05, 4.69) is 16.0 Å². The van der Waals surface area contributed by atoms with Gasteiger partial charge in [-0.15, -0.1) is 0 Å². The summed E-state index contributed by atoms with van der Waals surface area (Å²) >= 11 is 0. The number of rotatable bonds is 9. The molecular weight excluding hydrogens is 326 g/mol. The fourth-order valence-corrected chi connectivity index (χ4v) is 1.74. The van der Waals surface area contributed by atoms with Crippen molar-refractivity contribution >= 4 is 12.2 Å². The predicted molar refractivity (Wildman–Crippen MR) is 96.6 cm³/mol. The van der Waals surface area contributed by atoms with E-state index < -0.39 is 29.5 Å². The smallest absolute Gasteiger partial charge is 0.407 e. The van der Waals surface area contributed by atoms with Crippen LogP contribution in [-0.2, 0) is 9.47 Å². The summed E-state index contributed by atoms with van der Waals surface area (Å²) in [4.78, 5) is 22.9. The van der Waals surface area contributed by atoms with Crippen LogP contribution in [0.25, 0.3) is 0 Å². The summed E-state index contributed by atoms with van der Waals surface area (Å²) < 4.78 is 10.2. The topological polar surface area (TPSA) is 109 Å². The molecule has 0 aromatic carbocycles. The number of ether oxygens (including phenoxy) is 2. The molecule has 8 nitrogen and oxygen atoms in total. The number of carbonyl (C=O) groups is 2. The number of aliphatic hydroxyl groups excluding tert-OH is 1. The van der Waals surface area contributed by atoms with E-state index in [0.717, 1.165) is 6.42 Å². The molecule has 0 bridgehead atoms. The zero-order valence-corrected chi connectivity index (χ0v) is 16.4. The maximum absolute atomic E-state index is 11.4. The molecule has 0 radical (unpaired) electrons. The predicted octanol–water partition coefficient (Wildman–Crippen LogP) is 1.77. The molecule has 0 heterocycles. The molecule has 0 spiro atoms. The van der Waals surface area contributed by atoms with Crippen LogP contribution in [0.2, 0.25) is 0 Å². The van der Waals surface area contributed by atoms with Crippen LogP contribution in [0.5, 0.6) is 0 Å². The maximum Gasteiger partial charge on any atom is 0.407 e. The Balaban J connectivity index is 3.57. The highest BCUT2D eigenvalue weighted by Crippen LogP contribution is 2.07. The van der Waals surface area contributed by atoms with E-state index >= 15 is 0 Å². The van der Waals surface area contributed by atoms with Gasteiger partial charge in [-0.2, -0.15) is 0 Å². The number of nitrogens with one attached hydrogen (secondary N) is 3. The van der Waals surface area contributed by atoms with Gasteiger partial charge >= 0.3 is 12.2 Å².